The number of carbonyl (C=O) groups is 3. The number of benzene rings is 1. The van der Waals surface area contributed by atoms with Crippen molar-refractivity contribution in [3.63, 3.8) is 0 Å². The first kappa shape index (κ1) is 28.2. The van der Waals surface area contributed by atoms with Crippen molar-refractivity contribution < 1.29 is 19.5 Å². The SMILES string of the molecule is CC(=O)[C@H](CCN)NC(=O)[C@@H](NC(=O)[C@@H]1CNCCN1Cc1ccc(=O)n(-c2ccccc2)c1)[C@H](C)O. The molecule has 1 aromatic heterocycles. The van der Waals surface area contributed by atoms with Gasteiger partial charge in [0.1, 0.15) is 12.1 Å². The molecule has 6 N–H and O–H groups in total. The number of aliphatic hydroxyl groups is 1. The maximum atomic E-state index is 13.3. The van der Waals surface area contributed by atoms with Gasteiger partial charge in [0, 0.05) is 44.1 Å². The Hall–Kier alpha value is -3.38. The van der Waals surface area contributed by atoms with Gasteiger partial charge in [-0.15, -0.1) is 0 Å². The van der Waals surface area contributed by atoms with Crippen LogP contribution in [-0.2, 0) is 20.9 Å². The molecule has 1 aromatic carbocycles. The van der Waals surface area contributed by atoms with Crippen LogP contribution in [0.1, 0.15) is 25.8 Å². The van der Waals surface area contributed by atoms with Gasteiger partial charge in [-0.25, -0.2) is 0 Å². The first-order chi connectivity index (χ1) is 17.7. The van der Waals surface area contributed by atoms with Crippen LogP contribution in [-0.4, -0.2) is 82.6 Å². The summed E-state index contributed by atoms with van der Waals surface area (Å²) in [5.74, 6) is -1.33. The second-order valence-corrected chi connectivity index (χ2v) is 9.25. The van der Waals surface area contributed by atoms with E-state index < -0.39 is 36.0 Å². The molecule has 2 aromatic rings. The highest BCUT2D eigenvalue weighted by Crippen LogP contribution is 2.13. The van der Waals surface area contributed by atoms with Crippen molar-refractivity contribution in [2.24, 2.45) is 5.73 Å². The summed E-state index contributed by atoms with van der Waals surface area (Å²) in [6, 6.07) is 9.87. The number of ketones is 1. The molecule has 3 rings (SSSR count). The third-order valence-electron chi connectivity index (χ3n) is 6.37. The molecule has 37 heavy (non-hydrogen) atoms. The number of para-hydroxylation sites is 1. The number of hydrogen-bond donors (Lipinski definition) is 5. The number of aromatic nitrogens is 1. The lowest BCUT2D eigenvalue weighted by molar-refractivity contribution is -0.136. The average molecular weight is 513 g/mol. The number of nitrogens with two attached hydrogens (primary N) is 1. The van der Waals surface area contributed by atoms with Crippen molar-refractivity contribution >= 4 is 17.6 Å². The van der Waals surface area contributed by atoms with Gasteiger partial charge >= 0.3 is 0 Å². The fourth-order valence-corrected chi connectivity index (χ4v) is 4.30. The highest BCUT2D eigenvalue weighted by molar-refractivity contribution is 5.93. The standard InChI is InChI=1S/C26H36N6O5/c1-17(33)21(10-11-27)29-26(37)24(18(2)34)30-25(36)22-14-28-12-13-31(22)15-19-8-9-23(35)32(16-19)20-6-4-3-5-7-20/h3-9,16,18,21-22,24,28,34H,10-15,27H2,1-2H3,(H,29,37)(H,30,36)/t18-,21-,22-,24-/m0/s1. The lowest BCUT2D eigenvalue weighted by Crippen LogP contribution is -2.62. The number of nitrogens with one attached hydrogen (secondary N) is 3. The minimum Gasteiger partial charge on any atom is -0.391 e. The van der Waals surface area contributed by atoms with E-state index >= 15 is 0 Å². The van der Waals surface area contributed by atoms with E-state index in [1.807, 2.05) is 35.2 Å². The fraction of sp³-hybridized carbons (Fsp3) is 0.462. The third kappa shape index (κ3) is 7.56. The van der Waals surface area contributed by atoms with Gasteiger partial charge in [0.25, 0.3) is 5.56 Å². The van der Waals surface area contributed by atoms with Gasteiger partial charge in [-0.2, -0.15) is 0 Å². The number of pyridine rings is 1. The van der Waals surface area contributed by atoms with Crippen LogP contribution < -0.4 is 27.2 Å². The van der Waals surface area contributed by atoms with Gasteiger partial charge in [0.2, 0.25) is 11.8 Å². The summed E-state index contributed by atoms with van der Waals surface area (Å²) >= 11 is 0. The Bertz CT molecular complexity index is 1140. The van der Waals surface area contributed by atoms with E-state index in [4.69, 9.17) is 5.73 Å². The minimum atomic E-state index is -1.24. The predicted octanol–water partition coefficient (Wildman–Crippen LogP) is -1.10. The zero-order valence-corrected chi connectivity index (χ0v) is 21.2. The molecule has 0 unspecified atom stereocenters. The molecule has 0 spiro atoms. The molecule has 1 saturated heterocycles. The second kappa shape index (κ2) is 13.2. The Kier molecular flexibility index (Phi) is 10.1. The number of carbonyl (C=O) groups excluding carboxylic acids is 3. The fourth-order valence-electron chi connectivity index (χ4n) is 4.30. The molecule has 1 aliphatic heterocycles. The molecule has 1 fully saturated rings. The van der Waals surface area contributed by atoms with Crippen molar-refractivity contribution in [2.45, 2.75) is 51.0 Å². The minimum absolute atomic E-state index is 0.158. The van der Waals surface area contributed by atoms with Crippen LogP contribution in [0.3, 0.4) is 0 Å². The lowest BCUT2D eigenvalue weighted by Gasteiger charge is -2.36. The van der Waals surface area contributed by atoms with Crippen LogP contribution in [0, 0.1) is 0 Å². The number of piperazine rings is 1. The van der Waals surface area contributed by atoms with Crippen molar-refractivity contribution in [3.8, 4) is 5.69 Å². The average Bonchev–Trinajstić information content (AvgIpc) is 2.88. The number of nitrogens with zero attached hydrogens (tertiary/aromatic N) is 2. The largest absolute Gasteiger partial charge is 0.391 e. The first-order valence-electron chi connectivity index (χ1n) is 12.4. The van der Waals surface area contributed by atoms with E-state index in [0.717, 1.165) is 11.3 Å². The normalized spacial score (nSPS) is 18.4. The Morgan fingerprint density at radius 3 is 2.54 bits per heavy atom. The highest BCUT2D eigenvalue weighted by atomic mass is 16.3. The number of rotatable bonds is 11. The van der Waals surface area contributed by atoms with Crippen molar-refractivity contribution in [1.29, 1.82) is 0 Å². The highest BCUT2D eigenvalue weighted by Gasteiger charge is 2.34. The molecule has 1 aliphatic rings. The number of amides is 2. The van der Waals surface area contributed by atoms with Crippen molar-refractivity contribution in [1.82, 2.24) is 25.4 Å². The molecule has 200 valence electrons. The van der Waals surface area contributed by atoms with E-state index in [0.29, 0.717) is 26.2 Å². The molecule has 2 heterocycles. The topological polar surface area (TPSA) is 159 Å². The lowest BCUT2D eigenvalue weighted by atomic mass is 10.1. The quantitative estimate of drug-likeness (QED) is 0.254. The number of hydrogen-bond acceptors (Lipinski definition) is 8. The van der Waals surface area contributed by atoms with Gasteiger partial charge in [-0.05, 0) is 44.5 Å². The van der Waals surface area contributed by atoms with E-state index in [9.17, 15) is 24.3 Å². The summed E-state index contributed by atoms with van der Waals surface area (Å²) < 4.78 is 1.56. The summed E-state index contributed by atoms with van der Waals surface area (Å²) in [6.07, 6.45) is 0.835. The van der Waals surface area contributed by atoms with E-state index in [1.165, 1.54) is 19.9 Å². The van der Waals surface area contributed by atoms with Gasteiger partial charge in [-0.3, -0.25) is 28.6 Å². The molecule has 0 aliphatic carbocycles. The molecular weight excluding hydrogens is 476 g/mol. The Morgan fingerprint density at radius 2 is 1.89 bits per heavy atom. The number of aliphatic hydroxyl groups excluding tert-OH is 1. The van der Waals surface area contributed by atoms with Crippen LogP contribution in [0.15, 0.2) is 53.5 Å². The van der Waals surface area contributed by atoms with Crippen LogP contribution >= 0.6 is 0 Å². The van der Waals surface area contributed by atoms with Crippen molar-refractivity contribution in [3.05, 3.63) is 64.6 Å². The molecule has 0 bridgehead atoms. The third-order valence-corrected chi connectivity index (χ3v) is 6.37. The maximum absolute atomic E-state index is 13.3. The summed E-state index contributed by atoms with van der Waals surface area (Å²) in [4.78, 5) is 52.3. The van der Waals surface area contributed by atoms with Gasteiger partial charge in [0.15, 0.2) is 5.78 Å². The van der Waals surface area contributed by atoms with Gasteiger partial charge in [-0.1, -0.05) is 24.3 Å². The van der Waals surface area contributed by atoms with Crippen LogP contribution in [0.2, 0.25) is 0 Å². The smallest absolute Gasteiger partial charge is 0.255 e. The zero-order valence-electron chi connectivity index (χ0n) is 21.2. The molecule has 11 nitrogen and oxygen atoms in total. The van der Waals surface area contributed by atoms with Crippen LogP contribution in [0.5, 0.6) is 0 Å². The molecule has 0 saturated carbocycles. The van der Waals surface area contributed by atoms with E-state index in [-0.39, 0.29) is 24.3 Å². The molecule has 0 radical (unpaired) electrons. The Labute approximate surface area is 216 Å². The second-order valence-electron chi connectivity index (χ2n) is 9.25. The molecule has 2 amide bonds. The maximum Gasteiger partial charge on any atom is 0.255 e. The monoisotopic (exact) mass is 512 g/mol. The first-order valence-corrected chi connectivity index (χ1v) is 12.4. The van der Waals surface area contributed by atoms with Crippen LogP contribution in [0.4, 0.5) is 0 Å². The summed E-state index contributed by atoms with van der Waals surface area (Å²) in [7, 11) is 0. The summed E-state index contributed by atoms with van der Waals surface area (Å²) in [5, 5.41) is 18.7. The summed E-state index contributed by atoms with van der Waals surface area (Å²) in [6.45, 7) is 4.95. The predicted molar refractivity (Wildman–Crippen MR) is 139 cm³/mol. The summed E-state index contributed by atoms with van der Waals surface area (Å²) in [5.41, 5.74) is 6.96. The molecular formula is C26H36N6O5. The molecule has 11 heteroatoms. The zero-order chi connectivity index (χ0) is 26.9. The van der Waals surface area contributed by atoms with Gasteiger partial charge < -0.3 is 26.8 Å². The Balaban J connectivity index is 1.74. The van der Waals surface area contributed by atoms with Crippen molar-refractivity contribution in [2.75, 3.05) is 26.2 Å². The van der Waals surface area contributed by atoms with Gasteiger partial charge in [0.05, 0.1) is 12.1 Å². The molecule has 4 atom stereocenters. The number of Topliss-reactive ketones (excluding diaryl/α,β-unsaturated/α-hetero) is 1. The van der Waals surface area contributed by atoms with E-state index in [2.05, 4.69) is 16.0 Å². The van der Waals surface area contributed by atoms with E-state index in [1.54, 1.807) is 16.8 Å². The van der Waals surface area contributed by atoms with Crippen LogP contribution in [0.25, 0.3) is 5.69 Å². The Morgan fingerprint density at radius 1 is 1.16 bits per heavy atom.